The average Bonchev–Trinajstić information content (AvgIpc) is 3.36. The first-order valence-electron chi connectivity index (χ1n) is 9.46. The minimum absolute atomic E-state index is 0.0370. The maximum atomic E-state index is 14.1. The number of sulfonamides is 1. The molecule has 2 amide bonds. The molecule has 0 radical (unpaired) electrons. The molecule has 2 aromatic heterocycles. The van der Waals surface area contributed by atoms with Gasteiger partial charge in [-0.3, -0.25) is 4.79 Å². The summed E-state index contributed by atoms with van der Waals surface area (Å²) in [5.41, 5.74) is -0.929. The zero-order chi connectivity index (χ0) is 24.6. The number of aromatic nitrogens is 2. The summed E-state index contributed by atoms with van der Waals surface area (Å²) in [5, 5.41) is 6.44. The van der Waals surface area contributed by atoms with Crippen LogP contribution >= 0.6 is 23.1 Å². The molecule has 4 rings (SSSR count). The van der Waals surface area contributed by atoms with E-state index in [1.165, 1.54) is 54.9 Å². The van der Waals surface area contributed by atoms with E-state index in [2.05, 4.69) is 15.6 Å². The third-order valence-electron chi connectivity index (χ3n) is 4.75. The summed E-state index contributed by atoms with van der Waals surface area (Å²) >= 11 is 6.64. The van der Waals surface area contributed by atoms with Gasteiger partial charge in [0.15, 0.2) is 0 Å². The van der Waals surface area contributed by atoms with Crippen molar-refractivity contribution in [3.63, 3.8) is 0 Å². The molecule has 0 aliphatic carbocycles. The highest BCUT2D eigenvalue weighted by molar-refractivity contribution is 7.92. The minimum atomic E-state index is -4.23. The van der Waals surface area contributed by atoms with Crippen molar-refractivity contribution in [3.8, 4) is 5.69 Å². The van der Waals surface area contributed by atoms with Gasteiger partial charge in [-0.05, 0) is 47.8 Å². The quantitative estimate of drug-likeness (QED) is 0.344. The molecule has 0 atom stereocenters. The van der Waals surface area contributed by atoms with Gasteiger partial charge in [-0.2, -0.15) is 8.42 Å². The van der Waals surface area contributed by atoms with Gasteiger partial charge < -0.3 is 15.6 Å². The SMILES string of the molecule is CNc1cc2[nH]c(=O)n(-c3ccc(NC(=O)N(Cl)S(=O)(=O)c4cccs4)cc3)c(=O)c2cc1F. The number of aromatic amines is 1. The molecule has 0 unspecified atom stereocenters. The van der Waals surface area contributed by atoms with Gasteiger partial charge in [-0.1, -0.05) is 6.07 Å². The van der Waals surface area contributed by atoms with Crippen molar-refractivity contribution in [1.82, 2.24) is 13.4 Å². The second-order valence-electron chi connectivity index (χ2n) is 6.83. The number of fused-ring (bicyclic) bond motifs is 1. The number of benzene rings is 2. The number of carbonyl (C=O) groups excluding carboxylic acids is 1. The van der Waals surface area contributed by atoms with E-state index in [1.807, 2.05) is 0 Å². The monoisotopic (exact) mass is 523 g/mol. The number of nitrogens with one attached hydrogen (secondary N) is 3. The number of urea groups is 1. The summed E-state index contributed by atoms with van der Waals surface area (Å²) in [6.45, 7) is 0. The molecule has 14 heteroatoms. The first-order valence-corrected chi connectivity index (χ1v) is 12.1. The van der Waals surface area contributed by atoms with E-state index in [4.69, 9.17) is 11.8 Å². The number of hydrogen-bond acceptors (Lipinski definition) is 7. The first-order chi connectivity index (χ1) is 16.1. The Hall–Kier alpha value is -3.68. The van der Waals surface area contributed by atoms with Gasteiger partial charge in [-0.25, -0.2) is 18.5 Å². The lowest BCUT2D eigenvalue weighted by atomic mass is 10.2. The highest BCUT2D eigenvalue weighted by Crippen LogP contribution is 2.24. The normalized spacial score (nSPS) is 11.4. The summed E-state index contributed by atoms with van der Waals surface area (Å²) in [6.07, 6.45) is 0. The van der Waals surface area contributed by atoms with Crippen molar-refractivity contribution in [3.05, 3.63) is 80.6 Å². The van der Waals surface area contributed by atoms with Crippen molar-refractivity contribution in [2.75, 3.05) is 17.7 Å². The van der Waals surface area contributed by atoms with Crippen LogP contribution in [0.4, 0.5) is 20.6 Å². The van der Waals surface area contributed by atoms with E-state index >= 15 is 0 Å². The first kappa shape index (κ1) is 23.5. The maximum absolute atomic E-state index is 14.1. The number of H-pyrrole nitrogens is 1. The standard InChI is InChI=1S/C20H15ClFN5O5S2/c1-23-16-10-15-13(9-14(16)22)18(28)26(19(29)25-15)12-6-4-11(5-7-12)24-20(30)27(21)34(31,32)17-3-2-8-33-17/h2-10,23H,1H3,(H,24,30)(H,25,29). The molecule has 0 spiro atoms. The third kappa shape index (κ3) is 4.16. The molecule has 0 aliphatic rings. The van der Waals surface area contributed by atoms with E-state index in [-0.39, 0.29) is 36.0 Å². The van der Waals surface area contributed by atoms with Crippen molar-refractivity contribution in [1.29, 1.82) is 0 Å². The molecule has 176 valence electrons. The second-order valence-corrected chi connectivity index (χ2v) is 10.3. The van der Waals surface area contributed by atoms with E-state index in [0.717, 1.165) is 22.0 Å². The number of anilines is 2. The molecule has 3 N–H and O–H groups in total. The Morgan fingerprint density at radius 3 is 2.50 bits per heavy atom. The number of halogens is 2. The molecule has 4 aromatic rings. The number of thiophene rings is 1. The van der Waals surface area contributed by atoms with Crippen molar-refractivity contribution in [2.24, 2.45) is 0 Å². The zero-order valence-corrected chi connectivity index (χ0v) is 19.6. The molecule has 2 heterocycles. The summed E-state index contributed by atoms with van der Waals surface area (Å²) in [7, 11) is -2.72. The molecule has 0 aliphatic heterocycles. The van der Waals surface area contributed by atoms with Gasteiger partial charge in [-0.15, -0.1) is 15.2 Å². The molecular formula is C20H15ClFN5O5S2. The fourth-order valence-corrected chi connectivity index (χ4v) is 5.51. The van der Waals surface area contributed by atoms with Gasteiger partial charge in [0, 0.05) is 24.5 Å². The lowest BCUT2D eigenvalue weighted by Crippen LogP contribution is -2.34. The fourth-order valence-electron chi connectivity index (χ4n) is 3.12. The second kappa shape index (κ2) is 8.93. The topological polar surface area (TPSA) is 133 Å². The van der Waals surface area contributed by atoms with Gasteiger partial charge in [0.25, 0.3) is 15.6 Å². The Labute approximate surface area is 200 Å². The largest absolute Gasteiger partial charge is 0.386 e. The molecule has 0 fully saturated rings. The Bertz CT molecular complexity index is 1620. The molecule has 0 saturated carbocycles. The van der Waals surface area contributed by atoms with Crippen LogP contribution in [0.15, 0.2) is 67.7 Å². The fraction of sp³-hybridized carbons (Fsp3) is 0.0500. The predicted octanol–water partition coefficient (Wildman–Crippen LogP) is 3.30. The highest BCUT2D eigenvalue weighted by Gasteiger charge is 2.29. The zero-order valence-electron chi connectivity index (χ0n) is 17.2. The Morgan fingerprint density at radius 1 is 1.18 bits per heavy atom. The van der Waals surface area contributed by atoms with Gasteiger partial charge in [0.05, 0.1) is 22.3 Å². The molecule has 0 saturated heterocycles. The lowest BCUT2D eigenvalue weighted by molar-refractivity contribution is 0.248. The average molecular weight is 524 g/mol. The molecule has 10 nitrogen and oxygen atoms in total. The maximum Gasteiger partial charge on any atom is 0.351 e. The molecule has 0 bridgehead atoms. The Kier molecular flexibility index (Phi) is 6.17. The highest BCUT2D eigenvalue weighted by atomic mass is 35.5. The Balaban J connectivity index is 1.62. The van der Waals surface area contributed by atoms with E-state index in [0.29, 0.717) is 0 Å². The molecular weight excluding hydrogens is 509 g/mol. The van der Waals surface area contributed by atoms with Crippen molar-refractivity contribution >= 4 is 61.4 Å². The molecule has 34 heavy (non-hydrogen) atoms. The summed E-state index contributed by atoms with van der Waals surface area (Å²) < 4.78 is 39.6. The number of amides is 2. The van der Waals surface area contributed by atoms with Crippen LogP contribution in [0.2, 0.25) is 0 Å². The van der Waals surface area contributed by atoms with E-state index in [9.17, 15) is 27.2 Å². The van der Waals surface area contributed by atoms with Gasteiger partial charge in [0.1, 0.15) is 10.0 Å². The van der Waals surface area contributed by atoms with Crippen LogP contribution < -0.4 is 21.9 Å². The van der Waals surface area contributed by atoms with Crippen molar-refractivity contribution < 1.29 is 17.6 Å². The summed E-state index contributed by atoms with van der Waals surface area (Å²) in [6, 6.07) is 9.41. The van der Waals surface area contributed by atoms with Crippen LogP contribution in [0, 0.1) is 5.82 Å². The smallest absolute Gasteiger partial charge is 0.351 e. The van der Waals surface area contributed by atoms with Crippen LogP contribution in [0.5, 0.6) is 0 Å². The van der Waals surface area contributed by atoms with Crippen LogP contribution in [-0.2, 0) is 10.0 Å². The van der Waals surface area contributed by atoms with Crippen LogP contribution in [0.25, 0.3) is 16.6 Å². The number of hydrogen-bond donors (Lipinski definition) is 3. The lowest BCUT2D eigenvalue weighted by Gasteiger charge is -2.14. The van der Waals surface area contributed by atoms with Crippen LogP contribution in [0.3, 0.4) is 0 Å². The number of rotatable bonds is 5. The minimum Gasteiger partial charge on any atom is -0.386 e. The summed E-state index contributed by atoms with van der Waals surface area (Å²) in [4.78, 5) is 40.3. The Morgan fingerprint density at radius 2 is 1.88 bits per heavy atom. The van der Waals surface area contributed by atoms with Gasteiger partial charge >= 0.3 is 11.7 Å². The number of nitrogens with zero attached hydrogens (tertiary/aromatic N) is 2. The molecule has 2 aromatic carbocycles. The van der Waals surface area contributed by atoms with Crippen molar-refractivity contribution in [2.45, 2.75) is 4.21 Å². The predicted molar refractivity (Wildman–Crippen MR) is 128 cm³/mol. The van der Waals surface area contributed by atoms with Crippen LogP contribution in [0.1, 0.15) is 0 Å². The third-order valence-corrected chi connectivity index (χ3v) is 8.26. The van der Waals surface area contributed by atoms with Gasteiger partial charge in [0.2, 0.25) is 0 Å². The van der Waals surface area contributed by atoms with E-state index in [1.54, 1.807) is 0 Å². The van der Waals surface area contributed by atoms with E-state index < -0.39 is 33.1 Å². The van der Waals surface area contributed by atoms with Crippen LogP contribution in [-0.4, -0.2) is 34.9 Å². The number of carbonyl (C=O) groups is 1. The summed E-state index contributed by atoms with van der Waals surface area (Å²) in [5.74, 6) is -0.660.